The van der Waals surface area contributed by atoms with Crippen molar-refractivity contribution in [2.45, 2.75) is 382 Å². The quantitative estimate of drug-likeness (QED) is 0.0600. The van der Waals surface area contributed by atoms with Crippen molar-refractivity contribution in [1.29, 1.82) is 0 Å². The number of halogens is 4. The van der Waals surface area contributed by atoms with Crippen molar-refractivity contribution in [3.05, 3.63) is 0 Å². The molecule has 19 heteroatoms. The van der Waals surface area contributed by atoms with Gasteiger partial charge in [-0.15, -0.1) is 0 Å². The first-order valence-electron chi connectivity index (χ1n) is 41.8. The molecular weight excluding hydrogens is 1380 g/mol. The standard InChI is InChI=1S/C10H17F3.C10H24N2.2C10H21NO.C9H19NO.C9H18O2.C8H17F.C8H19NO.C8H17NO.C8H18O/c1-8(2,3)7-9(5-4-6-9)10(11,12)13;1-6-12(8-7-11-5)9-10(2,3)4;2*1-10(2,3)8-11-6-4-5-9(11)7-12;1-9(2,3)8-10-4-6-11-7-5-10;1-8(2,3)7(10)11-9(4,5)6;1-7(2,3)6-8(4,5)9;1-8(2,3)7-9(4)5-6-10;1-6(2)9-7(10)8(3,4)5;1-7(2,3)6-8(4,5)9/h4-7H2,1-3H3;11H,6-9H2,1-5H3;2*9,12H,4-8H2,1-3H3;4-8H2,1-3H3;1-6H3;6H2,1-5H3;10H,5-7H2,1-4H3;6H,1-5H3,(H,9,10);9H,6H2,1-5H3/t;;2*9-;;;;;;/m..10....../s1. The summed E-state index contributed by atoms with van der Waals surface area (Å²) in [4.78, 5) is 34.4. The van der Waals surface area contributed by atoms with E-state index in [1.165, 1.54) is 51.9 Å². The lowest BCUT2D eigenvalue weighted by atomic mass is 9.61. The summed E-state index contributed by atoms with van der Waals surface area (Å²) in [7, 11) is 4.03. The Labute approximate surface area is 675 Å². The highest BCUT2D eigenvalue weighted by molar-refractivity contribution is 5.81. The minimum absolute atomic E-state index is 0.109. The molecule has 109 heavy (non-hydrogen) atoms. The third-order valence-corrected chi connectivity index (χ3v) is 16.4. The third kappa shape index (κ3) is 79.8. The third-order valence-electron chi connectivity index (χ3n) is 16.4. The van der Waals surface area contributed by atoms with Gasteiger partial charge < -0.3 is 50.3 Å². The van der Waals surface area contributed by atoms with Gasteiger partial charge in [-0.25, -0.2) is 4.39 Å². The zero-order chi connectivity index (χ0) is 87.9. The highest BCUT2D eigenvalue weighted by Gasteiger charge is 2.59. The van der Waals surface area contributed by atoms with Gasteiger partial charge in [0.05, 0.1) is 49.5 Å². The van der Waals surface area contributed by atoms with Crippen molar-refractivity contribution in [2.24, 2.45) is 59.6 Å². The molecule has 0 bridgehead atoms. The van der Waals surface area contributed by atoms with Crippen LogP contribution in [0.3, 0.4) is 0 Å². The smallest absolute Gasteiger partial charge is 0.394 e. The van der Waals surface area contributed by atoms with Gasteiger partial charge >= 0.3 is 12.1 Å². The molecule has 0 spiro atoms. The summed E-state index contributed by atoms with van der Waals surface area (Å²) >= 11 is 0. The van der Waals surface area contributed by atoms with Crippen LogP contribution in [0, 0.1) is 59.6 Å². The summed E-state index contributed by atoms with van der Waals surface area (Å²) in [6.07, 6.45) is 3.97. The molecule has 1 amide bonds. The van der Waals surface area contributed by atoms with Crippen molar-refractivity contribution >= 4 is 11.9 Å². The van der Waals surface area contributed by atoms with Gasteiger partial charge in [-0.2, -0.15) is 13.2 Å². The first-order valence-corrected chi connectivity index (χ1v) is 41.8. The summed E-state index contributed by atoms with van der Waals surface area (Å²) in [5.41, 5.74) is -1.89. The fraction of sp³-hybridized carbons (Fsp3) is 0.978. The lowest BCUT2D eigenvalue weighted by Gasteiger charge is -2.46. The van der Waals surface area contributed by atoms with Crippen LogP contribution in [0.25, 0.3) is 0 Å². The average molecular weight is 1580 g/mol. The van der Waals surface area contributed by atoms with Crippen LogP contribution in [0.15, 0.2) is 0 Å². The van der Waals surface area contributed by atoms with E-state index in [9.17, 15) is 32.3 Å². The van der Waals surface area contributed by atoms with Gasteiger partial charge in [0.1, 0.15) is 11.3 Å². The number of rotatable bonds is 17. The van der Waals surface area contributed by atoms with Crippen LogP contribution in [0.1, 0.15) is 341 Å². The van der Waals surface area contributed by atoms with E-state index in [2.05, 4.69) is 167 Å². The number of esters is 1. The number of carbonyl (C=O) groups is 2. The molecule has 1 aliphatic carbocycles. The van der Waals surface area contributed by atoms with Crippen molar-refractivity contribution in [3.63, 3.8) is 0 Å². The summed E-state index contributed by atoms with van der Waals surface area (Å²) in [6, 6.07) is 1.11. The maximum atomic E-state index is 12.9. The van der Waals surface area contributed by atoms with E-state index in [-0.39, 0.29) is 58.2 Å². The van der Waals surface area contributed by atoms with Gasteiger partial charge in [-0.1, -0.05) is 200 Å². The van der Waals surface area contributed by atoms with Crippen molar-refractivity contribution in [2.75, 3.05) is 132 Å². The van der Waals surface area contributed by atoms with Gasteiger partial charge in [0.15, 0.2) is 0 Å². The fourth-order valence-corrected chi connectivity index (χ4v) is 13.3. The number of aliphatic hydroxyl groups is 4. The zero-order valence-corrected chi connectivity index (χ0v) is 80.2. The molecule has 0 aromatic carbocycles. The van der Waals surface area contributed by atoms with Crippen LogP contribution in [-0.2, 0) is 19.1 Å². The summed E-state index contributed by atoms with van der Waals surface area (Å²) < 4.78 is 61.4. The van der Waals surface area contributed by atoms with E-state index in [1.807, 2.05) is 146 Å². The Bertz CT molecular complexity index is 2170. The monoisotopic (exact) mass is 1570 g/mol. The first-order chi connectivity index (χ1) is 48.1. The topological polar surface area (TPSA) is 174 Å². The minimum Gasteiger partial charge on any atom is -0.460 e. The number of nitrogens with zero attached hydrogens (tertiary/aromatic N) is 5. The molecule has 4 aliphatic rings. The van der Waals surface area contributed by atoms with E-state index >= 15 is 0 Å². The van der Waals surface area contributed by atoms with Gasteiger partial charge in [0.2, 0.25) is 5.91 Å². The Balaban J connectivity index is -0.000000271. The SMILES string of the molecule is CC(C)(C)CC(C)(C)F.CC(C)(C)CC(C)(C)O.CC(C)(C)CC1(C(F)(F)F)CCC1.CC(C)(C)CN1CCC[C@@H]1CO.CC(C)(C)CN1CCC[C@H]1CO.CC(C)(C)CN1CCOCC1.CC(C)(C)OC(=O)C(C)(C)C.CC(C)NC(=O)C(C)(C)C.CCN(CCNC)CC(C)(C)C.CN(CCO)CC(C)(C)C. The Morgan fingerprint density at radius 1 is 0.532 bits per heavy atom. The number of hydrogen-bond donors (Lipinski definition) is 6. The lowest BCUT2D eigenvalue weighted by molar-refractivity contribution is -0.260. The Morgan fingerprint density at radius 3 is 1.12 bits per heavy atom. The predicted octanol–water partition coefficient (Wildman–Crippen LogP) is 20.3. The number of ether oxygens (including phenoxy) is 2. The van der Waals surface area contributed by atoms with Gasteiger partial charge in [-0.05, 0) is 218 Å². The van der Waals surface area contributed by atoms with Crippen LogP contribution in [0.4, 0.5) is 17.6 Å². The highest BCUT2D eigenvalue weighted by atomic mass is 19.4. The minimum atomic E-state index is -4.00. The molecule has 0 aromatic heterocycles. The number of alkyl halides is 4. The van der Waals surface area contributed by atoms with E-state index in [1.54, 1.807) is 13.8 Å². The number of likely N-dealkylation sites (N-methyl/N-ethyl adjacent to an activating group) is 3. The highest BCUT2D eigenvalue weighted by Crippen LogP contribution is 2.58. The molecule has 1 saturated carbocycles. The van der Waals surface area contributed by atoms with Crippen LogP contribution in [0.5, 0.6) is 0 Å². The molecule has 6 N–H and O–H groups in total. The number of aliphatic hydroxyl groups excluding tert-OH is 3. The number of amides is 1. The van der Waals surface area contributed by atoms with E-state index < -0.39 is 28.3 Å². The Morgan fingerprint density at radius 2 is 0.927 bits per heavy atom. The van der Waals surface area contributed by atoms with Crippen molar-refractivity contribution < 1.29 is 57.1 Å². The first kappa shape index (κ1) is 118. The normalized spacial score (nSPS) is 18.0. The number of nitrogens with one attached hydrogen (secondary N) is 2. The summed E-state index contributed by atoms with van der Waals surface area (Å²) in [5, 5.41) is 42.1. The second-order valence-electron chi connectivity index (χ2n) is 46.0. The number of carbonyl (C=O) groups excluding carboxylic acids is 2. The van der Waals surface area contributed by atoms with Crippen LogP contribution < -0.4 is 10.6 Å². The second kappa shape index (κ2) is 52.1. The van der Waals surface area contributed by atoms with E-state index in [0.29, 0.717) is 71.6 Å². The Kier molecular flexibility index (Phi) is 56.5. The second-order valence-corrected chi connectivity index (χ2v) is 46.0. The molecular formula is C90H191F4N7O8. The van der Waals surface area contributed by atoms with Gasteiger partial charge in [0.25, 0.3) is 0 Å². The number of likely N-dealkylation sites (tertiary alicyclic amines) is 2. The lowest BCUT2D eigenvalue weighted by Crippen LogP contribution is -2.46. The number of morpholine rings is 1. The zero-order valence-electron chi connectivity index (χ0n) is 80.2. The molecule has 3 saturated heterocycles. The molecule has 662 valence electrons. The molecule has 4 fully saturated rings. The predicted molar refractivity (Wildman–Crippen MR) is 463 cm³/mol. The van der Waals surface area contributed by atoms with E-state index in [4.69, 9.17) is 24.8 Å². The van der Waals surface area contributed by atoms with Gasteiger partial charge in [-0.3, -0.25) is 24.3 Å². The molecule has 3 heterocycles. The maximum Gasteiger partial charge on any atom is 0.394 e. The van der Waals surface area contributed by atoms with Gasteiger partial charge in [0, 0.05) is 89.0 Å². The van der Waals surface area contributed by atoms with Crippen LogP contribution in [0.2, 0.25) is 0 Å². The average Bonchev–Trinajstić information content (AvgIpc) is 1.25. The van der Waals surface area contributed by atoms with E-state index in [0.717, 1.165) is 85.0 Å². The Hall–Kier alpha value is -1.78. The van der Waals surface area contributed by atoms with Crippen molar-refractivity contribution in [1.82, 2.24) is 35.1 Å². The molecule has 3 aliphatic heterocycles. The molecule has 2 atom stereocenters. The van der Waals surface area contributed by atoms with Crippen LogP contribution >= 0.6 is 0 Å². The molecule has 15 nitrogen and oxygen atoms in total. The fourth-order valence-electron chi connectivity index (χ4n) is 13.3. The largest absolute Gasteiger partial charge is 0.460 e. The molecule has 0 radical (unpaired) electrons. The maximum absolute atomic E-state index is 12.9. The molecule has 0 unspecified atom stereocenters. The number of hydrogen-bond acceptors (Lipinski definition) is 14. The summed E-state index contributed by atoms with van der Waals surface area (Å²) in [5.74, 6) is -0.0347. The molecule has 0 aromatic rings. The summed E-state index contributed by atoms with van der Waals surface area (Å²) in [6.45, 7) is 99.0. The molecule has 4 rings (SSSR count). The van der Waals surface area contributed by atoms with Crippen molar-refractivity contribution in [3.8, 4) is 0 Å². The van der Waals surface area contributed by atoms with Crippen LogP contribution in [-0.4, -0.2) is 230 Å².